The molecule has 166 valence electrons. The van der Waals surface area contributed by atoms with Crippen molar-refractivity contribution in [1.29, 1.82) is 0 Å². The van der Waals surface area contributed by atoms with Crippen molar-refractivity contribution in [3.8, 4) is 16.9 Å². The molecule has 4 rings (SSSR count). The molecule has 6 nitrogen and oxygen atoms in total. The van der Waals surface area contributed by atoms with Crippen LogP contribution >= 0.6 is 11.3 Å². The second kappa shape index (κ2) is 8.06. The van der Waals surface area contributed by atoms with E-state index in [0.29, 0.717) is 27.6 Å². The van der Waals surface area contributed by atoms with E-state index >= 15 is 0 Å². The molecule has 0 aliphatic rings. The molecule has 0 unspecified atom stereocenters. The summed E-state index contributed by atoms with van der Waals surface area (Å²) in [6, 6.07) is 7.92. The summed E-state index contributed by atoms with van der Waals surface area (Å²) >= 11 is 1.15. The highest BCUT2D eigenvalue weighted by Gasteiger charge is 2.31. The average molecular weight is 480 g/mol. The van der Waals surface area contributed by atoms with E-state index < -0.39 is 21.8 Å². The maximum absolute atomic E-state index is 13.1. The van der Waals surface area contributed by atoms with E-state index in [1.54, 1.807) is 24.4 Å². The Morgan fingerprint density at radius 3 is 2.47 bits per heavy atom. The Balaban J connectivity index is 1.85. The van der Waals surface area contributed by atoms with Crippen LogP contribution in [0.4, 0.5) is 18.3 Å². The second-order valence-corrected chi connectivity index (χ2v) is 9.34. The number of rotatable bonds is 5. The van der Waals surface area contributed by atoms with Crippen LogP contribution in [0.3, 0.4) is 0 Å². The van der Waals surface area contributed by atoms with Gasteiger partial charge < -0.3 is 4.74 Å². The Morgan fingerprint density at radius 2 is 1.81 bits per heavy atom. The second-order valence-electron chi connectivity index (χ2n) is 6.80. The first kappa shape index (κ1) is 22.0. The maximum Gasteiger partial charge on any atom is 0.416 e. The number of aromatic nitrogens is 2. The highest BCUT2D eigenvalue weighted by atomic mass is 32.2. The topological polar surface area (TPSA) is 81.2 Å². The molecule has 0 atom stereocenters. The highest BCUT2D eigenvalue weighted by molar-refractivity contribution is 7.93. The van der Waals surface area contributed by atoms with Gasteiger partial charge in [0.25, 0.3) is 10.0 Å². The third-order valence-corrected chi connectivity index (χ3v) is 7.18. The molecule has 0 saturated carbocycles. The summed E-state index contributed by atoms with van der Waals surface area (Å²) < 4.78 is 72.7. The smallest absolute Gasteiger partial charge is 0.416 e. The van der Waals surface area contributed by atoms with Crippen molar-refractivity contribution in [2.75, 3.05) is 11.8 Å². The number of hydrogen-bond acceptors (Lipinski definition) is 6. The molecule has 0 fully saturated rings. The van der Waals surface area contributed by atoms with Gasteiger partial charge in [-0.2, -0.15) is 13.2 Å². The van der Waals surface area contributed by atoms with E-state index in [0.717, 1.165) is 23.5 Å². The molecule has 2 aromatic heterocycles. The fourth-order valence-corrected chi connectivity index (χ4v) is 5.43. The number of nitrogens with zero attached hydrogens (tertiary/aromatic N) is 2. The number of nitrogens with one attached hydrogen (secondary N) is 1. The zero-order valence-electron chi connectivity index (χ0n) is 16.8. The predicted octanol–water partition coefficient (Wildman–Crippen LogP) is 5.49. The summed E-state index contributed by atoms with van der Waals surface area (Å²) in [4.78, 5) is 8.29. The summed E-state index contributed by atoms with van der Waals surface area (Å²) in [5, 5.41) is 2.47. The number of fused-ring (bicyclic) bond motifs is 1. The predicted molar refractivity (Wildman–Crippen MR) is 116 cm³/mol. The van der Waals surface area contributed by atoms with Gasteiger partial charge in [-0.15, -0.1) is 11.3 Å². The molecule has 0 bridgehead atoms. The minimum absolute atomic E-state index is 0.0317. The monoisotopic (exact) mass is 479 g/mol. The standard InChI is InChI=1S/C21H16F3N3O3S2/c1-12-18(32(28,29)27-20-26-9-10-31-20)6-5-16-14(7-8-25-19(12)16)15-4-3-13(21(22,23)24)11-17(15)30-2/h3-11H,1-2H3,(H,26,27). The molecule has 0 amide bonds. The molecule has 0 aliphatic heterocycles. The third-order valence-electron chi connectivity index (χ3n) is 4.88. The molecule has 11 heteroatoms. The Morgan fingerprint density at radius 1 is 1.03 bits per heavy atom. The average Bonchev–Trinajstić information content (AvgIpc) is 3.24. The number of alkyl halides is 3. The number of aryl methyl sites for hydroxylation is 1. The van der Waals surface area contributed by atoms with Crippen LogP contribution in [0.15, 0.2) is 59.1 Å². The molecule has 0 radical (unpaired) electrons. The van der Waals surface area contributed by atoms with E-state index in [2.05, 4.69) is 14.7 Å². The molecule has 0 aliphatic carbocycles. The first-order chi connectivity index (χ1) is 15.1. The largest absolute Gasteiger partial charge is 0.496 e. The minimum atomic E-state index is -4.50. The van der Waals surface area contributed by atoms with E-state index in [1.165, 1.54) is 31.6 Å². The van der Waals surface area contributed by atoms with Crippen LogP contribution in [-0.2, 0) is 16.2 Å². The molecule has 4 aromatic rings. The molecular weight excluding hydrogens is 463 g/mol. The number of methoxy groups -OCH3 is 1. The van der Waals surface area contributed by atoms with Gasteiger partial charge in [-0.25, -0.2) is 13.4 Å². The van der Waals surface area contributed by atoms with Gasteiger partial charge in [-0.3, -0.25) is 9.71 Å². The van der Waals surface area contributed by atoms with Gasteiger partial charge >= 0.3 is 6.18 Å². The lowest BCUT2D eigenvalue weighted by Crippen LogP contribution is -2.14. The Labute approximate surface area is 185 Å². The van der Waals surface area contributed by atoms with Crippen molar-refractivity contribution in [2.45, 2.75) is 18.0 Å². The van der Waals surface area contributed by atoms with Crippen molar-refractivity contribution >= 4 is 37.4 Å². The number of sulfonamides is 1. The van der Waals surface area contributed by atoms with Gasteiger partial charge in [0.1, 0.15) is 5.75 Å². The molecular formula is C21H16F3N3O3S2. The van der Waals surface area contributed by atoms with E-state index in [1.807, 2.05) is 0 Å². The fourth-order valence-electron chi connectivity index (χ4n) is 3.40. The highest BCUT2D eigenvalue weighted by Crippen LogP contribution is 2.40. The number of thiazole rings is 1. The van der Waals surface area contributed by atoms with Crippen molar-refractivity contribution in [3.05, 3.63) is 65.3 Å². The van der Waals surface area contributed by atoms with Crippen LogP contribution < -0.4 is 9.46 Å². The van der Waals surface area contributed by atoms with Crippen molar-refractivity contribution in [2.24, 2.45) is 0 Å². The van der Waals surface area contributed by atoms with E-state index in [-0.39, 0.29) is 15.8 Å². The Hall–Kier alpha value is -3.18. The van der Waals surface area contributed by atoms with Crippen LogP contribution in [0.2, 0.25) is 0 Å². The summed E-state index contributed by atoms with van der Waals surface area (Å²) in [6.45, 7) is 1.62. The minimum Gasteiger partial charge on any atom is -0.496 e. The molecule has 0 spiro atoms. The van der Waals surface area contributed by atoms with Gasteiger partial charge in [0.15, 0.2) is 5.13 Å². The zero-order valence-corrected chi connectivity index (χ0v) is 18.4. The SMILES string of the molecule is COc1cc(C(F)(F)F)ccc1-c1ccnc2c(C)c(S(=O)(=O)Nc3nccs3)ccc12. The van der Waals surface area contributed by atoms with Gasteiger partial charge in [-0.05, 0) is 42.3 Å². The maximum atomic E-state index is 13.1. The number of anilines is 1. The molecule has 32 heavy (non-hydrogen) atoms. The van der Waals surface area contributed by atoms with Crippen molar-refractivity contribution in [3.63, 3.8) is 0 Å². The number of benzene rings is 2. The van der Waals surface area contributed by atoms with E-state index in [9.17, 15) is 21.6 Å². The lowest BCUT2D eigenvalue weighted by Gasteiger charge is -2.16. The quantitative estimate of drug-likeness (QED) is 0.409. The van der Waals surface area contributed by atoms with Crippen LogP contribution in [0, 0.1) is 6.92 Å². The number of ether oxygens (including phenoxy) is 1. The Kier molecular flexibility index (Phi) is 5.55. The van der Waals surface area contributed by atoms with Crippen LogP contribution in [0.5, 0.6) is 5.75 Å². The molecule has 0 saturated heterocycles. The number of pyridine rings is 1. The van der Waals surface area contributed by atoms with Gasteiger partial charge in [0.05, 0.1) is 23.1 Å². The number of halogens is 3. The van der Waals surface area contributed by atoms with E-state index in [4.69, 9.17) is 4.74 Å². The number of hydrogen-bond donors (Lipinski definition) is 1. The fraction of sp³-hybridized carbons (Fsp3) is 0.143. The summed E-state index contributed by atoms with van der Waals surface area (Å²) in [6.07, 6.45) is -1.54. The zero-order chi connectivity index (χ0) is 23.1. The Bertz CT molecular complexity index is 1400. The first-order valence-electron chi connectivity index (χ1n) is 9.18. The molecule has 2 aromatic carbocycles. The van der Waals surface area contributed by atoms with Gasteiger partial charge in [-0.1, -0.05) is 12.1 Å². The summed E-state index contributed by atoms with van der Waals surface area (Å²) in [5.74, 6) is 0.0483. The van der Waals surface area contributed by atoms with Gasteiger partial charge in [0.2, 0.25) is 0 Å². The van der Waals surface area contributed by atoms with Gasteiger partial charge in [0, 0.05) is 28.7 Å². The summed E-state index contributed by atoms with van der Waals surface area (Å²) in [7, 11) is -2.62. The lowest BCUT2D eigenvalue weighted by molar-refractivity contribution is -0.137. The molecule has 1 N–H and O–H groups in total. The van der Waals surface area contributed by atoms with Crippen LogP contribution in [-0.4, -0.2) is 25.5 Å². The van der Waals surface area contributed by atoms with Crippen LogP contribution in [0.1, 0.15) is 11.1 Å². The molecule has 2 heterocycles. The third kappa shape index (κ3) is 4.00. The lowest BCUT2D eigenvalue weighted by atomic mass is 9.97. The summed E-state index contributed by atoms with van der Waals surface area (Å²) in [5.41, 5.74) is 0.990. The first-order valence-corrected chi connectivity index (χ1v) is 11.5. The van der Waals surface area contributed by atoms with Crippen molar-refractivity contribution in [1.82, 2.24) is 9.97 Å². The van der Waals surface area contributed by atoms with Crippen molar-refractivity contribution < 1.29 is 26.3 Å². The normalized spacial score (nSPS) is 12.2. The van der Waals surface area contributed by atoms with Crippen LogP contribution in [0.25, 0.3) is 22.0 Å².